The van der Waals surface area contributed by atoms with Crippen LogP contribution in [0.2, 0.25) is 0 Å². The van der Waals surface area contributed by atoms with E-state index in [9.17, 15) is 9.59 Å². The minimum atomic E-state index is -0.132. The van der Waals surface area contributed by atoms with Crippen molar-refractivity contribution in [2.24, 2.45) is 5.84 Å². The van der Waals surface area contributed by atoms with Crippen LogP contribution >= 0.6 is 0 Å². The molecule has 0 saturated carbocycles. The average molecular weight is 278 g/mol. The molecular formula is C15H22N2O3. The van der Waals surface area contributed by atoms with E-state index in [2.05, 4.69) is 5.43 Å². The number of Topliss-reactive ketones (excluding diaryl/α,β-unsaturated/α-hetero) is 1. The molecule has 20 heavy (non-hydrogen) atoms. The number of benzene rings is 1. The summed E-state index contributed by atoms with van der Waals surface area (Å²) in [5, 5.41) is 0. The van der Waals surface area contributed by atoms with Crippen LogP contribution in [-0.2, 0) is 16.0 Å². The van der Waals surface area contributed by atoms with Gasteiger partial charge >= 0.3 is 0 Å². The number of carbonyl (C=O) groups excluding carboxylic acids is 2. The molecule has 0 aliphatic heterocycles. The number of hydrogen-bond acceptors (Lipinski definition) is 4. The number of unbranched alkanes of at least 4 members (excludes halogenated alkanes) is 2. The molecule has 0 bridgehead atoms. The predicted molar refractivity (Wildman–Crippen MR) is 77.1 cm³/mol. The van der Waals surface area contributed by atoms with Crippen LogP contribution < -0.4 is 16.0 Å². The first kappa shape index (κ1) is 16.2. The van der Waals surface area contributed by atoms with Crippen LogP contribution in [0, 0.1) is 0 Å². The second kappa shape index (κ2) is 9.09. The van der Waals surface area contributed by atoms with Gasteiger partial charge < -0.3 is 4.74 Å². The number of ether oxygens (including phenoxy) is 1. The highest BCUT2D eigenvalue weighted by molar-refractivity contribution is 5.78. The van der Waals surface area contributed by atoms with Crippen molar-refractivity contribution in [2.75, 3.05) is 6.61 Å². The molecule has 0 saturated heterocycles. The Bertz CT molecular complexity index is 429. The van der Waals surface area contributed by atoms with Crippen molar-refractivity contribution in [3.8, 4) is 5.75 Å². The largest absolute Gasteiger partial charge is 0.494 e. The second-order valence-corrected chi connectivity index (χ2v) is 4.75. The first-order valence-electron chi connectivity index (χ1n) is 6.82. The third kappa shape index (κ3) is 6.89. The molecule has 110 valence electrons. The van der Waals surface area contributed by atoms with Gasteiger partial charge in [0, 0.05) is 12.8 Å². The monoisotopic (exact) mass is 278 g/mol. The van der Waals surface area contributed by atoms with E-state index in [0.29, 0.717) is 19.4 Å². The van der Waals surface area contributed by atoms with Crippen LogP contribution in [0.5, 0.6) is 5.75 Å². The third-order valence-electron chi connectivity index (χ3n) is 2.85. The minimum absolute atomic E-state index is 0.132. The fraction of sp³-hybridized carbons (Fsp3) is 0.467. The number of amides is 1. The van der Waals surface area contributed by atoms with Gasteiger partial charge in [-0.25, -0.2) is 5.84 Å². The number of nitrogens with one attached hydrogen (secondary N) is 1. The molecule has 0 fully saturated rings. The van der Waals surface area contributed by atoms with Gasteiger partial charge in [-0.3, -0.25) is 15.0 Å². The van der Waals surface area contributed by atoms with Gasteiger partial charge in [0.25, 0.3) is 0 Å². The highest BCUT2D eigenvalue weighted by atomic mass is 16.5. The number of ketones is 1. The smallest absolute Gasteiger partial charge is 0.233 e. The van der Waals surface area contributed by atoms with Crippen LogP contribution in [0.3, 0.4) is 0 Å². The number of hydrazine groups is 1. The van der Waals surface area contributed by atoms with E-state index in [0.717, 1.165) is 30.6 Å². The quantitative estimate of drug-likeness (QED) is 0.312. The molecule has 1 amide bonds. The summed E-state index contributed by atoms with van der Waals surface area (Å²) in [6, 6.07) is 7.56. The Morgan fingerprint density at radius 1 is 1.15 bits per heavy atom. The van der Waals surface area contributed by atoms with Gasteiger partial charge in [-0.1, -0.05) is 12.1 Å². The Morgan fingerprint density at radius 3 is 2.45 bits per heavy atom. The van der Waals surface area contributed by atoms with Gasteiger partial charge in [0.1, 0.15) is 11.5 Å². The summed E-state index contributed by atoms with van der Waals surface area (Å²) in [4.78, 5) is 21.9. The predicted octanol–water partition coefficient (Wildman–Crippen LogP) is 1.75. The number of hydrogen-bond donors (Lipinski definition) is 2. The molecule has 0 radical (unpaired) electrons. The van der Waals surface area contributed by atoms with Gasteiger partial charge in [0.2, 0.25) is 5.91 Å². The maximum absolute atomic E-state index is 11.0. The van der Waals surface area contributed by atoms with Crippen molar-refractivity contribution >= 4 is 11.7 Å². The Morgan fingerprint density at radius 2 is 1.85 bits per heavy atom. The zero-order valence-corrected chi connectivity index (χ0v) is 11.9. The molecule has 0 aliphatic carbocycles. The van der Waals surface area contributed by atoms with E-state index in [1.807, 2.05) is 24.3 Å². The van der Waals surface area contributed by atoms with Gasteiger partial charge in [-0.05, 0) is 43.9 Å². The Labute approximate surface area is 119 Å². The van der Waals surface area contributed by atoms with Gasteiger partial charge in [-0.15, -0.1) is 0 Å². The van der Waals surface area contributed by atoms with E-state index in [-0.39, 0.29) is 11.7 Å². The van der Waals surface area contributed by atoms with Crippen molar-refractivity contribution in [2.45, 2.75) is 39.0 Å². The van der Waals surface area contributed by atoms with E-state index in [1.165, 1.54) is 0 Å². The van der Waals surface area contributed by atoms with Gasteiger partial charge in [-0.2, -0.15) is 0 Å². The maximum atomic E-state index is 11.0. The molecule has 0 heterocycles. The van der Waals surface area contributed by atoms with Crippen molar-refractivity contribution in [3.05, 3.63) is 29.8 Å². The fourth-order valence-electron chi connectivity index (χ4n) is 1.82. The van der Waals surface area contributed by atoms with Crippen molar-refractivity contribution < 1.29 is 14.3 Å². The van der Waals surface area contributed by atoms with Crippen LogP contribution in [0.25, 0.3) is 0 Å². The van der Waals surface area contributed by atoms with Crippen molar-refractivity contribution in [1.82, 2.24) is 5.43 Å². The number of rotatable bonds is 9. The first-order valence-corrected chi connectivity index (χ1v) is 6.82. The molecule has 3 N–H and O–H groups in total. The summed E-state index contributed by atoms with van der Waals surface area (Å²) in [5.74, 6) is 5.81. The topological polar surface area (TPSA) is 81.4 Å². The second-order valence-electron chi connectivity index (χ2n) is 4.75. The Kier molecular flexibility index (Phi) is 7.35. The molecule has 0 aliphatic rings. The van der Waals surface area contributed by atoms with E-state index < -0.39 is 0 Å². The molecule has 0 atom stereocenters. The van der Waals surface area contributed by atoms with E-state index in [4.69, 9.17) is 10.6 Å². The molecule has 0 spiro atoms. The maximum Gasteiger partial charge on any atom is 0.233 e. The van der Waals surface area contributed by atoms with E-state index >= 15 is 0 Å². The van der Waals surface area contributed by atoms with Crippen LogP contribution in [0.15, 0.2) is 24.3 Å². The molecule has 0 unspecified atom stereocenters. The lowest BCUT2D eigenvalue weighted by molar-refractivity contribution is -0.121. The van der Waals surface area contributed by atoms with Gasteiger partial charge in [0.15, 0.2) is 0 Å². The first-order chi connectivity index (χ1) is 9.61. The summed E-state index contributed by atoms with van der Waals surface area (Å²) >= 11 is 0. The lowest BCUT2D eigenvalue weighted by Gasteiger charge is -2.07. The molecule has 5 nitrogen and oxygen atoms in total. The lowest BCUT2D eigenvalue weighted by Crippen LogP contribution is -2.29. The highest BCUT2D eigenvalue weighted by Crippen LogP contribution is 2.13. The summed E-state index contributed by atoms with van der Waals surface area (Å²) < 4.78 is 5.59. The number of nitrogens with two attached hydrogens (primary N) is 1. The molecule has 5 heteroatoms. The minimum Gasteiger partial charge on any atom is -0.494 e. The van der Waals surface area contributed by atoms with Crippen molar-refractivity contribution in [3.63, 3.8) is 0 Å². The lowest BCUT2D eigenvalue weighted by atomic mass is 10.1. The summed E-state index contributed by atoms with van der Waals surface area (Å²) in [7, 11) is 0. The molecule has 1 aromatic carbocycles. The van der Waals surface area contributed by atoms with Gasteiger partial charge in [0.05, 0.1) is 6.61 Å². The average Bonchev–Trinajstić information content (AvgIpc) is 2.43. The van der Waals surface area contributed by atoms with Crippen LogP contribution in [0.1, 0.15) is 38.2 Å². The van der Waals surface area contributed by atoms with E-state index in [1.54, 1.807) is 6.92 Å². The molecule has 1 aromatic rings. The summed E-state index contributed by atoms with van der Waals surface area (Å²) in [6.07, 6.45) is 3.55. The SMILES string of the molecule is CC(=O)Cc1ccc(OCCCCCC(=O)NN)cc1. The normalized spacial score (nSPS) is 10.1. The molecule has 1 rings (SSSR count). The summed E-state index contributed by atoms with van der Waals surface area (Å²) in [5.41, 5.74) is 3.10. The highest BCUT2D eigenvalue weighted by Gasteiger charge is 2.00. The Hall–Kier alpha value is -1.88. The number of carbonyl (C=O) groups is 2. The Balaban J connectivity index is 2.16. The summed E-state index contributed by atoms with van der Waals surface area (Å²) in [6.45, 7) is 2.20. The zero-order valence-electron chi connectivity index (χ0n) is 11.9. The van der Waals surface area contributed by atoms with Crippen LogP contribution in [0.4, 0.5) is 0 Å². The molecule has 0 aromatic heterocycles. The van der Waals surface area contributed by atoms with Crippen LogP contribution in [-0.4, -0.2) is 18.3 Å². The fourth-order valence-corrected chi connectivity index (χ4v) is 1.82. The standard InChI is InChI=1S/C15H22N2O3/c1-12(18)11-13-6-8-14(9-7-13)20-10-4-2-3-5-15(19)17-16/h6-9H,2-5,10-11,16H2,1H3,(H,17,19). The molecular weight excluding hydrogens is 256 g/mol. The zero-order chi connectivity index (χ0) is 14.8. The van der Waals surface area contributed by atoms with Crippen molar-refractivity contribution in [1.29, 1.82) is 0 Å². The third-order valence-corrected chi connectivity index (χ3v) is 2.85.